The molecule has 0 aromatic carbocycles. The number of carbonyl (C=O) groups excluding carboxylic acids is 1. The molecule has 4 nitrogen and oxygen atoms in total. The highest BCUT2D eigenvalue weighted by atomic mass is 35.5. The van der Waals surface area contributed by atoms with E-state index in [4.69, 9.17) is 11.6 Å². The van der Waals surface area contributed by atoms with Crippen molar-refractivity contribution in [2.75, 3.05) is 5.32 Å². The van der Waals surface area contributed by atoms with Crippen LogP contribution in [-0.2, 0) is 0 Å². The summed E-state index contributed by atoms with van der Waals surface area (Å²) >= 11 is 7.01. The number of nitrogens with zero attached hydrogens (tertiary/aromatic N) is 2. The fourth-order valence-corrected chi connectivity index (χ4v) is 1.67. The first kappa shape index (κ1) is 10.1. The summed E-state index contributed by atoms with van der Waals surface area (Å²) in [5.74, 6) is -0.313. The van der Waals surface area contributed by atoms with Gasteiger partial charge in [-0.3, -0.25) is 10.1 Å². The quantitative estimate of drug-likeness (QED) is 0.819. The first-order chi connectivity index (χ1) is 7.25. The van der Waals surface area contributed by atoms with E-state index in [1.165, 1.54) is 11.3 Å². The van der Waals surface area contributed by atoms with Crippen LogP contribution in [0.25, 0.3) is 0 Å². The van der Waals surface area contributed by atoms with E-state index in [2.05, 4.69) is 15.3 Å². The minimum Gasteiger partial charge on any atom is -0.296 e. The predicted octanol–water partition coefficient (Wildman–Crippen LogP) is 2.44. The maximum absolute atomic E-state index is 11.6. The SMILES string of the molecule is O=C(Nc1nccs1)c1cccc(Cl)n1. The van der Waals surface area contributed by atoms with Crippen LogP contribution >= 0.6 is 22.9 Å². The first-order valence-electron chi connectivity index (χ1n) is 4.09. The van der Waals surface area contributed by atoms with Crippen molar-refractivity contribution >= 4 is 34.0 Å². The molecule has 2 rings (SSSR count). The maximum atomic E-state index is 11.6. The second-order valence-corrected chi connectivity index (χ2v) is 3.92. The molecule has 2 aromatic heterocycles. The normalized spacial score (nSPS) is 9.93. The summed E-state index contributed by atoms with van der Waals surface area (Å²) in [7, 11) is 0. The maximum Gasteiger partial charge on any atom is 0.276 e. The summed E-state index contributed by atoms with van der Waals surface area (Å²) in [6.45, 7) is 0. The lowest BCUT2D eigenvalue weighted by Gasteiger charge is -2.00. The molecule has 0 aliphatic rings. The molecule has 2 heterocycles. The molecule has 15 heavy (non-hydrogen) atoms. The molecular weight excluding hydrogens is 234 g/mol. The Morgan fingerprint density at radius 1 is 1.47 bits per heavy atom. The molecule has 0 aliphatic carbocycles. The summed E-state index contributed by atoms with van der Waals surface area (Å²) in [6.07, 6.45) is 1.62. The molecular formula is C9H6ClN3OS. The van der Waals surface area contributed by atoms with Gasteiger partial charge >= 0.3 is 0 Å². The van der Waals surface area contributed by atoms with Crippen molar-refractivity contribution in [2.24, 2.45) is 0 Å². The Hall–Kier alpha value is -1.46. The molecule has 1 amide bonds. The Labute approximate surface area is 94.9 Å². The van der Waals surface area contributed by atoms with Gasteiger partial charge in [0.1, 0.15) is 10.8 Å². The Bertz CT molecular complexity index is 472. The molecule has 0 spiro atoms. The van der Waals surface area contributed by atoms with E-state index in [0.29, 0.717) is 10.3 Å². The Morgan fingerprint density at radius 2 is 2.33 bits per heavy atom. The average Bonchev–Trinajstić information content (AvgIpc) is 2.70. The van der Waals surface area contributed by atoms with Gasteiger partial charge in [0.2, 0.25) is 0 Å². The van der Waals surface area contributed by atoms with Crippen LogP contribution in [0.2, 0.25) is 5.15 Å². The summed E-state index contributed by atoms with van der Waals surface area (Å²) in [6, 6.07) is 4.88. The van der Waals surface area contributed by atoms with Crippen molar-refractivity contribution < 1.29 is 4.79 Å². The van der Waals surface area contributed by atoms with E-state index < -0.39 is 0 Å². The molecule has 0 radical (unpaired) electrons. The lowest BCUT2D eigenvalue weighted by molar-refractivity contribution is 0.102. The summed E-state index contributed by atoms with van der Waals surface area (Å²) < 4.78 is 0. The monoisotopic (exact) mass is 239 g/mol. The lowest BCUT2D eigenvalue weighted by Crippen LogP contribution is -2.13. The number of amides is 1. The number of halogens is 1. The summed E-state index contributed by atoms with van der Waals surface area (Å²) in [5, 5.41) is 5.23. The van der Waals surface area contributed by atoms with Crippen LogP contribution in [0.15, 0.2) is 29.8 Å². The first-order valence-corrected chi connectivity index (χ1v) is 5.35. The second-order valence-electron chi connectivity index (χ2n) is 2.64. The average molecular weight is 240 g/mol. The molecule has 76 valence electrons. The van der Waals surface area contributed by atoms with Crippen LogP contribution in [-0.4, -0.2) is 15.9 Å². The fraction of sp³-hybridized carbons (Fsp3) is 0. The van der Waals surface area contributed by atoms with E-state index >= 15 is 0 Å². The molecule has 1 N–H and O–H groups in total. The third kappa shape index (κ3) is 2.51. The molecule has 0 unspecified atom stereocenters. The highest BCUT2D eigenvalue weighted by Gasteiger charge is 2.08. The second kappa shape index (κ2) is 4.37. The van der Waals surface area contributed by atoms with Crippen molar-refractivity contribution in [3.63, 3.8) is 0 Å². The Kier molecular flexibility index (Phi) is 2.94. The van der Waals surface area contributed by atoms with Gasteiger partial charge < -0.3 is 0 Å². The van der Waals surface area contributed by atoms with E-state index in [-0.39, 0.29) is 11.6 Å². The molecule has 0 saturated carbocycles. The van der Waals surface area contributed by atoms with Crippen LogP contribution in [0.4, 0.5) is 5.13 Å². The van der Waals surface area contributed by atoms with Gasteiger partial charge in [-0.2, -0.15) is 0 Å². The topological polar surface area (TPSA) is 54.9 Å². The number of hydrogen-bond donors (Lipinski definition) is 1. The smallest absolute Gasteiger partial charge is 0.276 e. The molecule has 0 atom stereocenters. The lowest BCUT2D eigenvalue weighted by atomic mass is 10.3. The van der Waals surface area contributed by atoms with Gasteiger partial charge in [-0.15, -0.1) is 11.3 Å². The summed E-state index contributed by atoms with van der Waals surface area (Å²) in [5.41, 5.74) is 0.276. The number of carbonyl (C=O) groups is 1. The van der Waals surface area contributed by atoms with Crippen molar-refractivity contribution in [3.8, 4) is 0 Å². The van der Waals surface area contributed by atoms with Crippen LogP contribution in [0.5, 0.6) is 0 Å². The van der Waals surface area contributed by atoms with Crippen molar-refractivity contribution in [1.82, 2.24) is 9.97 Å². The van der Waals surface area contributed by atoms with Gasteiger partial charge in [-0.05, 0) is 12.1 Å². The van der Waals surface area contributed by atoms with Crippen LogP contribution in [0.3, 0.4) is 0 Å². The predicted molar refractivity (Wildman–Crippen MR) is 59.3 cm³/mol. The number of nitrogens with one attached hydrogen (secondary N) is 1. The standard InChI is InChI=1S/C9H6ClN3OS/c10-7-3-1-2-6(12-7)8(14)13-9-11-4-5-15-9/h1-5H,(H,11,13,14). The number of rotatable bonds is 2. The third-order valence-electron chi connectivity index (χ3n) is 1.60. The number of anilines is 1. The Morgan fingerprint density at radius 3 is 3.00 bits per heavy atom. The largest absolute Gasteiger partial charge is 0.296 e. The van der Waals surface area contributed by atoms with E-state index in [0.717, 1.165) is 0 Å². The van der Waals surface area contributed by atoms with E-state index in [1.807, 2.05) is 0 Å². The molecule has 6 heteroatoms. The van der Waals surface area contributed by atoms with Crippen LogP contribution in [0.1, 0.15) is 10.5 Å². The number of thiazole rings is 1. The number of aromatic nitrogens is 2. The van der Waals surface area contributed by atoms with Gasteiger partial charge in [-0.1, -0.05) is 17.7 Å². The van der Waals surface area contributed by atoms with Crippen molar-refractivity contribution in [1.29, 1.82) is 0 Å². The minimum absolute atomic E-state index is 0.276. The van der Waals surface area contributed by atoms with Crippen LogP contribution in [0, 0.1) is 0 Å². The summed E-state index contributed by atoms with van der Waals surface area (Å²) in [4.78, 5) is 19.4. The molecule has 0 fully saturated rings. The highest BCUT2D eigenvalue weighted by molar-refractivity contribution is 7.13. The zero-order valence-corrected chi connectivity index (χ0v) is 9.05. The van der Waals surface area contributed by atoms with Gasteiger partial charge in [0.15, 0.2) is 5.13 Å². The van der Waals surface area contributed by atoms with Gasteiger partial charge in [0.05, 0.1) is 0 Å². The molecule has 0 saturated heterocycles. The van der Waals surface area contributed by atoms with Gasteiger partial charge in [-0.25, -0.2) is 9.97 Å². The van der Waals surface area contributed by atoms with Gasteiger partial charge in [0, 0.05) is 11.6 Å². The number of hydrogen-bond acceptors (Lipinski definition) is 4. The minimum atomic E-state index is -0.313. The zero-order chi connectivity index (χ0) is 10.7. The fourth-order valence-electron chi connectivity index (χ4n) is 0.981. The highest BCUT2D eigenvalue weighted by Crippen LogP contribution is 2.12. The van der Waals surface area contributed by atoms with E-state index in [1.54, 1.807) is 29.8 Å². The molecule has 2 aromatic rings. The third-order valence-corrected chi connectivity index (χ3v) is 2.50. The van der Waals surface area contributed by atoms with Crippen molar-refractivity contribution in [2.45, 2.75) is 0 Å². The van der Waals surface area contributed by atoms with Crippen molar-refractivity contribution in [3.05, 3.63) is 40.6 Å². The zero-order valence-electron chi connectivity index (χ0n) is 7.48. The van der Waals surface area contributed by atoms with Gasteiger partial charge in [0.25, 0.3) is 5.91 Å². The Balaban J connectivity index is 2.15. The van der Waals surface area contributed by atoms with E-state index in [9.17, 15) is 4.79 Å². The molecule has 0 aliphatic heterocycles. The molecule has 0 bridgehead atoms. The number of pyridine rings is 1. The van der Waals surface area contributed by atoms with Crippen LogP contribution < -0.4 is 5.32 Å².